The van der Waals surface area contributed by atoms with Gasteiger partial charge in [-0.25, -0.2) is 0 Å². The Morgan fingerprint density at radius 1 is 1.22 bits per heavy atom. The first kappa shape index (κ1) is 19.4. The molecule has 0 bridgehead atoms. The number of hydrogen-bond donors (Lipinski definition) is 0. The van der Waals surface area contributed by atoms with Crippen molar-refractivity contribution in [3.8, 4) is 0 Å². The van der Waals surface area contributed by atoms with Crippen molar-refractivity contribution in [2.24, 2.45) is 5.92 Å². The van der Waals surface area contributed by atoms with Crippen LogP contribution in [0.25, 0.3) is 0 Å². The van der Waals surface area contributed by atoms with Gasteiger partial charge in [-0.3, -0.25) is 14.4 Å². The van der Waals surface area contributed by atoms with Gasteiger partial charge in [0.25, 0.3) is 5.91 Å². The molecule has 2 fully saturated rings. The third kappa shape index (κ3) is 4.47. The number of rotatable bonds is 5. The molecule has 0 radical (unpaired) electrons. The first-order valence-electron chi connectivity index (χ1n) is 9.46. The lowest BCUT2D eigenvalue weighted by Crippen LogP contribution is -2.46. The number of anilines is 1. The van der Waals surface area contributed by atoms with Gasteiger partial charge in [0.15, 0.2) is 6.10 Å². The monoisotopic (exact) mass is 374 g/mol. The van der Waals surface area contributed by atoms with Crippen molar-refractivity contribution < 1.29 is 23.9 Å². The van der Waals surface area contributed by atoms with Gasteiger partial charge in [-0.1, -0.05) is 19.1 Å². The van der Waals surface area contributed by atoms with Crippen LogP contribution in [-0.4, -0.2) is 61.6 Å². The summed E-state index contributed by atoms with van der Waals surface area (Å²) in [6, 6.07) is 7.76. The molecule has 0 spiro atoms. The molecule has 0 aromatic heterocycles. The molecule has 3 rings (SSSR count). The summed E-state index contributed by atoms with van der Waals surface area (Å²) in [6.45, 7) is 5.93. The average molecular weight is 374 g/mol. The highest BCUT2D eigenvalue weighted by atomic mass is 16.5. The number of nitrogens with zero attached hydrogens (tertiary/aromatic N) is 2. The van der Waals surface area contributed by atoms with Crippen LogP contribution in [0.1, 0.15) is 25.8 Å². The largest absolute Gasteiger partial charge is 0.452 e. The van der Waals surface area contributed by atoms with Crippen LogP contribution in [0.2, 0.25) is 0 Å². The van der Waals surface area contributed by atoms with Crippen molar-refractivity contribution in [2.45, 2.75) is 32.8 Å². The van der Waals surface area contributed by atoms with Crippen LogP contribution in [0.15, 0.2) is 24.3 Å². The maximum atomic E-state index is 12.5. The molecule has 2 saturated heterocycles. The van der Waals surface area contributed by atoms with E-state index < -0.39 is 18.0 Å². The fraction of sp³-hybridized carbons (Fsp3) is 0.550. The van der Waals surface area contributed by atoms with Crippen LogP contribution in [0.3, 0.4) is 0 Å². The molecule has 0 N–H and O–H groups in total. The van der Waals surface area contributed by atoms with E-state index in [1.807, 2.05) is 24.3 Å². The number of ether oxygens (including phenoxy) is 2. The highest BCUT2D eigenvalue weighted by Crippen LogP contribution is 2.26. The predicted octanol–water partition coefficient (Wildman–Crippen LogP) is 1.39. The Balaban J connectivity index is 1.57. The van der Waals surface area contributed by atoms with Crippen LogP contribution in [0, 0.1) is 5.92 Å². The zero-order valence-corrected chi connectivity index (χ0v) is 15.8. The van der Waals surface area contributed by atoms with Gasteiger partial charge in [-0.2, -0.15) is 0 Å². The zero-order chi connectivity index (χ0) is 19.4. The summed E-state index contributed by atoms with van der Waals surface area (Å²) in [7, 11) is 0. The Hall–Kier alpha value is -2.41. The minimum atomic E-state index is -0.858. The molecule has 7 heteroatoms. The van der Waals surface area contributed by atoms with Crippen LogP contribution < -0.4 is 4.90 Å². The highest BCUT2D eigenvalue weighted by Gasteiger charge is 2.37. The highest BCUT2D eigenvalue weighted by molar-refractivity contribution is 5.99. The minimum absolute atomic E-state index is 0.103. The normalized spacial score (nSPS) is 21.3. The van der Waals surface area contributed by atoms with Crippen molar-refractivity contribution in [2.75, 3.05) is 37.7 Å². The molecular formula is C20H26N2O5. The average Bonchev–Trinajstić information content (AvgIpc) is 3.10. The third-order valence-corrected chi connectivity index (χ3v) is 5.08. The number of benzene rings is 1. The lowest BCUT2D eigenvalue weighted by molar-refractivity contribution is -0.163. The van der Waals surface area contributed by atoms with Gasteiger partial charge in [0, 0.05) is 31.7 Å². The van der Waals surface area contributed by atoms with E-state index in [1.165, 1.54) is 5.56 Å². The van der Waals surface area contributed by atoms with Crippen LogP contribution in [0.5, 0.6) is 0 Å². The molecule has 146 valence electrons. The van der Waals surface area contributed by atoms with E-state index in [-0.39, 0.29) is 24.8 Å². The molecule has 2 heterocycles. The van der Waals surface area contributed by atoms with Gasteiger partial charge in [-0.05, 0) is 31.0 Å². The molecule has 0 unspecified atom stereocenters. The Kier molecular flexibility index (Phi) is 6.11. The van der Waals surface area contributed by atoms with E-state index in [9.17, 15) is 14.4 Å². The number of carbonyl (C=O) groups is 3. The summed E-state index contributed by atoms with van der Waals surface area (Å²) < 4.78 is 10.6. The molecular weight excluding hydrogens is 348 g/mol. The molecule has 1 aromatic rings. The SMILES string of the molecule is CCc1ccc(N2C[C@@H](C(=O)O[C@@H](C)C(=O)N3CCOCC3)CC2=O)cc1. The van der Waals surface area contributed by atoms with Crippen molar-refractivity contribution in [3.63, 3.8) is 0 Å². The van der Waals surface area contributed by atoms with Crippen molar-refractivity contribution >= 4 is 23.5 Å². The van der Waals surface area contributed by atoms with Gasteiger partial charge in [-0.15, -0.1) is 0 Å². The first-order valence-corrected chi connectivity index (χ1v) is 9.46. The maximum Gasteiger partial charge on any atom is 0.312 e. The van der Waals surface area contributed by atoms with Crippen LogP contribution in [0.4, 0.5) is 5.69 Å². The Labute approximate surface area is 159 Å². The maximum absolute atomic E-state index is 12.5. The number of esters is 1. The standard InChI is InChI=1S/C20H26N2O5/c1-3-15-4-6-17(7-5-15)22-13-16(12-18(22)23)20(25)27-14(2)19(24)21-8-10-26-11-9-21/h4-7,14,16H,3,8-13H2,1-2H3/t14-,16-/m0/s1. The topological polar surface area (TPSA) is 76.2 Å². The molecule has 0 saturated carbocycles. The molecule has 0 aliphatic carbocycles. The van der Waals surface area contributed by atoms with E-state index in [0.717, 1.165) is 12.1 Å². The molecule has 2 atom stereocenters. The van der Waals surface area contributed by atoms with E-state index in [1.54, 1.807) is 16.7 Å². The molecule has 27 heavy (non-hydrogen) atoms. The molecule has 1 aromatic carbocycles. The number of aryl methyl sites for hydroxylation is 1. The smallest absolute Gasteiger partial charge is 0.312 e. The van der Waals surface area contributed by atoms with Crippen molar-refractivity contribution in [3.05, 3.63) is 29.8 Å². The number of hydrogen-bond acceptors (Lipinski definition) is 5. The Bertz CT molecular complexity index is 697. The Morgan fingerprint density at radius 3 is 2.52 bits per heavy atom. The van der Waals surface area contributed by atoms with Gasteiger partial charge in [0.1, 0.15) is 0 Å². The minimum Gasteiger partial charge on any atom is -0.452 e. The quantitative estimate of drug-likeness (QED) is 0.728. The second-order valence-electron chi connectivity index (χ2n) is 6.94. The van der Waals surface area contributed by atoms with Crippen LogP contribution >= 0.6 is 0 Å². The molecule has 2 aliphatic heterocycles. The van der Waals surface area contributed by atoms with Gasteiger partial charge >= 0.3 is 5.97 Å². The molecule has 7 nitrogen and oxygen atoms in total. The number of morpholine rings is 1. The predicted molar refractivity (Wildman–Crippen MR) is 99.2 cm³/mol. The first-order chi connectivity index (χ1) is 13.0. The van der Waals surface area contributed by atoms with Gasteiger partial charge in [0.2, 0.25) is 5.91 Å². The lowest BCUT2D eigenvalue weighted by Gasteiger charge is -2.29. The second-order valence-corrected chi connectivity index (χ2v) is 6.94. The molecule has 2 amide bonds. The van der Waals surface area contributed by atoms with E-state index in [4.69, 9.17) is 9.47 Å². The fourth-order valence-electron chi connectivity index (χ4n) is 3.39. The van der Waals surface area contributed by atoms with Gasteiger partial charge in [0.05, 0.1) is 19.1 Å². The number of carbonyl (C=O) groups excluding carboxylic acids is 3. The summed E-state index contributed by atoms with van der Waals surface area (Å²) in [5.41, 5.74) is 1.97. The zero-order valence-electron chi connectivity index (χ0n) is 15.8. The summed E-state index contributed by atoms with van der Waals surface area (Å²) in [5, 5.41) is 0. The fourth-order valence-corrected chi connectivity index (χ4v) is 3.39. The van der Waals surface area contributed by atoms with E-state index in [0.29, 0.717) is 26.3 Å². The number of amides is 2. The summed E-state index contributed by atoms with van der Waals surface area (Å²) in [5.74, 6) is -1.37. The Morgan fingerprint density at radius 2 is 1.89 bits per heavy atom. The van der Waals surface area contributed by atoms with Crippen LogP contribution in [-0.2, 0) is 30.3 Å². The third-order valence-electron chi connectivity index (χ3n) is 5.08. The van der Waals surface area contributed by atoms with E-state index >= 15 is 0 Å². The summed E-state index contributed by atoms with van der Waals surface area (Å²) in [6.07, 6.45) is 0.175. The van der Waals surface area contributed by atoms with Crippen molar-refractivity contribution in [1.82, 2.24) is 4.90 Å². The van der Waals surface area contributed by atoms with E-state index in [2.05, 4.69) is 6.92 Å². The summed E-state index contributed by atoms with van der Waals surface area (Å²) >= 11 is 0. The lowest BCUT2D eigenvalue weighted by atomic mass is 10.1. The summed E-state index contributed by atoms with van der Waals surface area (Å²) in [4.78, 5) is 40.4. The van der Waals surface area contributed by atoms with Crippen molar-refractivity contribution in [1.29, 1.82) is 0 Å². The molecule has 2 aliphatic rings. The second kappa shape index (κ2) is 8.52. The van der Waals surface area contributed by atoms with Gasteiger partial charge < -0.3 is 19.3 Å².